The van der Waals surface area contributed by atoms with Gasteiger partial charge in [0.1, 0.15) is 5.00 Å². The van der Waals surface area contributed by atoms with Crippen molar-refractivity contribution in [3.63, 3.8) is 0 Å². The molecule has 0 aliphatic heterocycles. The molecular weight excluding hydrogens is 423 g/mol. The second-order valence-electron chi connectivity index (χ2n) is 6.60. The van der Waals surface area contributed by atoms with Gasteiger partial charge in [-0.25, -0.2) is 0 Å². The number of nitrogens with one attached hydrogen (secondary N) is 2. The Kier molecular flexibility index (Phi) is 6.59. The van der Waals surface area contributed by atoms with Gasteiger partial charge in [-0.1, -0.05) is 36.0 Å². The van der Waals surface area contributed by atoms with Crippen molar-refractivity contribution in [1.82, 2.24) is 0 Å². The van der Waals surface area contributed by atoms with Crippen LogP contribution in [-0.2, 0) is 9.59 Å². The zero-order valence-corrected chi connectivity index (χ0v) is 17.0. The number of carboxylic acid groups (broad SMARTS) is 1. The van der Waals surface area contributed by atoms with Crippen LogP contribution in [0.4, 0.5) is 10.7 Å². The second-order valence-corrected chi connectivity index (χ2v) is 8.39. The van der Waals surface area contributed by atoms with E-state index in [1.165, 1.54) is 11.3 Å². The number of carboxylic acids is 1. The molecular formula is C19H18Cl2N2O4S. The van der Waals surface area contributed by atoms with E-state index in [9.17, 15) is 19.5 Å². The lowest BCUT2D eigenvalue weighted by Crippen LogP contribution is -2.36. The van der Waals surface area contributed by atoms with Crippen LogP contribution >= 0.6 is 34.5 Å². The van der Waals surface area contributed by atoms with Crippen LogP contribution in [0.15, 0.2) is 29.6 Å². The summed E-state index contributed by atoms with van der Waals surface area (Å²) in [6, 6.07) is 6.28. The average molecular weight is 441 g/mol. The molecule has 1 fully saturated rings. The fraction of sp³-hybridized carbons (Fsp3) is 0.316. The van der Waals surface area contributed by atoms with Crippen LogP contribution in [0.5, 0.6) is 0 Å². The van der Waals surface area contributed by atoms with Crippen molar-refractivity contribution in [1.29, 1.82) is 0 Å². The van der Waals surface area contributed by atoms with Gasteiger partial charge < -0.3 is 15.7 Å². The molecule has 1 saturated carbocycles. The predicted molar refractivity (Wildman–Crippen MR) is 110 cm³/mol. The highest BCUT2D eigenvalue weighted by Gasteiger charge is 2.36. The molecule has 0 bridgehead atoms. The Morgan fingerprint density at radius 1 is 1.00 bits per heavy atom. The minimum atomic E-state index is -0.957. The summed E-state index contributed by atoms with van der Waals surface area (Å²) in [7, 11) is 0. The molecule has 1 aromatic heterocycles. The summed E-state index contributed by atoms with van der Waals surface area (Å²) in [6.45, 7) is 0. The number of carbonyl (C=O) groups excluding carboxylic acids is 2. The number of anilines is 2. The molecule has 0 saturated heterocycles. The molecule has 1 heterocycles. The van der Waals surface area contributed by atoms with Gasteiger partial charge in [0.05, 0.1) is 17.4 Å². The summed E-state index contributed by atoms with van der Waals surface area (Å²) >= 11 is 13.1. The van der Waals surface area contributed by atoms with Crippen LogP contribution in [0.25, 0.3) is 0 Å². The molecule has 6 nitrogen and oxygen atoms in total. The smallest absolute Gasteiger partial charge is 0.307 e. The highest BCUT2D eigenvalue weighted by molar-refractivity contribution is 7.14. The lowest BCUT2D eigenvalue weighted by molar-refractivity contribution is -0.147. The summed E-state index contributed by atoms with van der Waals surface area (Å²) < 4.78 is 0. The summed E-state index contributed by atoms with van der Waals surface area (Å²) in [5, 5.41) is 17.7. The standard InChI is InChI=1S/C19H18Cl2N2O4S/c20-10-7-11(21)9-12(8-10)22-17(25)15-5-6-28-18(15)23-16(24)13-3-1-2-4-14(13)19(26)27/h5-9,13-14H,1-4H2,(H,22,25)(H,23,24)(H,26,27)/t13-,14-/m0/s1. The first-order chi connectivity index (χ1) is 13.3. The highest BCUT2D eigenvalue weighted by atomic mass is 35.5. The van der Waals surface area contributed by atoms with Crippen molar-refractivity contribution in [2.45, 2.75) is 25.7 Å². The molecule has 0 spiro atoms. The molecule has 2 aromatic rings. The van der Waals surface area contributed by atoms with Gasteiger partial charge >= 0.3 is 5.97 Å². The van der Waals surface area contributed by atoms with Gasteiger partial charge in [-0.15, -0.1) is 11.3 Å². The maximum Gasteiger partial charge on any atom is 0.307 e. The van der Waals surface area contributed by atoms with Crippen molar-refractivity contribution in [3.8, 4) is 0 Å². The Morgan fingerprint density at radius 2 is 1.64 bits per heavy atom. The van der Waals surface area contributed by atoms with Crippen molar-refractivity contribution in [2.24, 2.45) is 11.8 Å². The van der Waals surface area contributed by atoms with E-state index in [4.69, 9.17) is 23.2 Å². The average Bonchev–Trinajstić information content (AvgIpc) is 3.09. The van der Waals surface area contributed by atoms with Crippen LogP contribution in [-0.4, -0.2) is 22.9 Å². The number of carbonyl (C=O) groups is 3. The van der Waals surface area contributed by atoms with Crippen molar-refractivity contribution in [3.05, 3.63) is 45.3 Å². The Morgan fingerprint density at radius 3 is 2.29 bits per heavy atom. The van der Waals surface area contributed by atoms with Gasteiger partial charge in [-0.2, -0.15) is 0 Å². The Labute approximate surface area is 175 Å². The van der Waals surface area contributed by atoms with Crippen LogP contribution in [0.2, 0.25) is 10.0 Å². The lowest BCUT2D eigenvalue weighted by Gasteiger charge is -2.27. The van der Waals surface area contributed by atoms with E-state index in [0.717, 1.165) is 12.8 Å². The number of aliphatic carboxylic acids is 1. The number of hydrogen-bond acceptors (Lipinski definition) is 4. The first kappa shape index (κ1) is 20.6. The Balaban J connectivity index is 1.73. The SMILES string of the molecule is O=C(Nc1cc(Cl)cc(Cl)c1)c1ccsc1NC(=O)[C@H]1CCCC[C@@H]1C(=O)O. The van der Waals surface area contributed by atoms with Gasteiger partial charge in [0.15, 0.2) is 0 Å². The Hall–Kier alpha value is -2.09. The number of amides is 2. The fourth-order valence-electron chi connectivity index (χ4n) is 3.35. The molecule has 0 radical (unpaired) electrons. The summed E-state index contributed by atoms with van der Waals surface area (Å²) in [5.41, 5.74) is 0.723. The van der Waals surface area contributed by atoms with Crippen LogP contribution in [0.3, 0.4) is 0 Å². The van der Waals surface area contributed by atoms with Crippen LogP contribution < -0.4 is 10.6 Å². The second kappa shape index (κ2) is 8.94. The van der Waals surface area contributed by atoms with E-state index in [1.54, 1.807) is 29.6 Å². The molecule has 2 amide bonds. The topological polar surface area (TPSA) is 95.5 Å². The van der Waals surface area contributed by atoms with Gasteiger partial charge in [-0.3, -0.25) is 14.4 Å². The third kappa shape index (κ3) is 4.84. The van der Waals surface area contributed by atoms with Gasteiger partial charge in [0.2, 0.25) is 5.91 Å². The highest BCUT2D eigenvalue weighted by Crippen LogP contribution is 2.33. The molecule has 3 rings (SSSR count). The predicted octanol–water partition coefficient (Wildman–Crippen LogP) is 5.14. The number of rotatable bonds is 5. The first-order valence-electron chi connectivity index (χ1n) is 8.74. The van der Waals surface area contributed by atoms with Gasteiger partial charge in [-0.05, 0) is 42.5 Å². The van der Waals surface area contributed by atoms with Gasteiger partial charge in [0, 0.05) is 15.7 Å². The molecule has 0 unspecified atom stereocenters. The van der Waals surface area contributed by atoms with Crippen molar-refractivity contribution < 1.29 is 19.5 Å². The summed E-state index contributed by atoms with van der Waals surface area (Å²) in [4.78, 5) is 36.7. The largest absolute Gasteiger partial charge is 0.481 e. The maximum absolute atomic E-state index is 12.7. The van der Waals surface area contributed by atoms with E-state index < -0.39 is 23.7 Å². The van der Waals surface area contributed by atoms with Crippen molar-refractivity contribution >= 4 is 63.0 Å². The van der Waals surface area contributed by atoms with E-state index in [2.05, 4.69) is 10.6 Å². The number of hydrogen-bond donors (Lipinski definition) is 3. The minimum absolute atomic E-state index is 0.289. The van der Waals surface area contributed by atoms with Crippen LogP contribution in [0.1, 0.15) is 36.0 Å². The molecule has 1 aliphatic carbocycles. The fourth-order valence-corrected chi connectivity index (χ4v) is 4.67. The lowest BCUT2D eigenvalue weighted by atomic mass is 9.79. The molecule has 28 heavy (non-hydrogen) atoms. The van der Waals surface area contributed by atoms with E-state index in [-0.39, 0.29) is 11.5 Å². The molecule has 9 heteroatoms. The normalized spacial score (nSPS) is 19.1. The number of halogens is 2. The summed E-state index contributed by atoms with van der Waals surface area (Å²) in [5.74, 6) is -3.04. The van der Waals surface area contributed by atoms with E-state index in [0.29, 0.717) is 33.6 Å². The molecule has 1 aromatic carbocycles. The van der Waals surface area contributed by atoms with Crippen molar-refractivity contribution in [2.75, 3.05) is 10.6 Å². The minimum Gasteiger partial charge on any atom is -0.481 e. The van der Waals surface area contributed by atoms with E-state index in [1.807, 2.05) is 0 Å². The van der Waals surface area contributed by atoms with Gasteiger partial charge in [0.25, 0.3) is 5.91 Å². The molecule has 1 aliphatic rings. The molecule has 3 N–H and O–H groups in total. The van der Waals surface area contributed by atoms with Crippen LogP contribution in [0, 0.1) is 11.8 Å². The maximum atomic E-state index is 12.7. The first-order valence-corrected chi connectivity index (χ1v) is 10.4. The summed E-state index contributed by atoms with van der Waals surface area (Å²) in [6.07, 6.45) is 2.63. The number of thiophene rings is 1. The quantitative estimate of drug-likeness (QED) is 0.599. The zero-order chi connectivity index (χ0) is 20.3. The number of benzene rings is 1. The third-order valence-corrected chi connectivity index (χ3v) is 5.95. The van der Waals surface area contributed by atoms with E-state index >= 15 is 0 Å². The molecule has 2 atom stereocenters. The monoisotopic (exact) mass is 440 g/mol. The third-order valence-electron chi connectivity index (χ3n) is 4.69. The molecule has 148 valence electrons. The Bertz CT molecular complexity index is 895. The zero-order valence-electron chi connectivity index (χ0n) is 14.7.